The third-order valence-electron chi connectivity index (χ3n) is 2.41. The summed E-state index contributed by atoms with van der Waals surface area (Å²) in [5.74, 6) is 0.886. The first-order valence-electron chi connectivity index (χ1n) is 4.74. The lowest BCUT2D eigenvalue weighted by Gasteiger charge is -2.22. The lowest BCUT2D eigenvalue weighted by atomic mass is 9.98. The molecule has 0 bridgehead atoms. The predicted octanol–water partition coefficient (Wildman–Crippen LogP) is 2.76. The normalized spacial score (nSPS) is 16.9. The minimum Gasteiger partial charge on any atom is -0.307 e. The molecule has 0 heterocycles. The van der Waals surface area contributed by atoms with Crippen molar-refractivity contribution in [1.82, 2.24) is 4.90 Å². The Kier molecular flexibility index (Phi) is 5.57. The van der Waals surface area contributed by atoms with E-state index in [1.165, 1.54) is 19.3 Å². The van der Waals surface area contributed by atoms with Crippen LogP contribution in [0.3, 0.4) is 0 Å². The van der Waals surface area contributed by atoms with Crippen molar-refractivity contribution in [2.24, 2.45) is 5.92 Å². The zero-order valence-electron chi connectivity index (χ0n) is 8.72. The summed E-state index contributed by atoms with van der Waals surface area (Å²) in [6, 6.07) is 0.733. The van der Waals surface area contributed by atoms with Crippen molar-refractivity contribution in [3.63, 3.8) is 0 Å². The fourth-order valence-corrected chi connectivity index (χ4v) is 1.40. The van der Waals surface area contributed by atoms with Crippen LogP contribution >= 0.6 is 0 Å². The van der Waals surface area contributed by atoms with Crippen LogP contribution in [0, 0.1) is 5.92 Å². The van der Waals surface area contributed by atoms with E-state index in [1.807, 2.05) is 0 Å². The quantitative estimate of drug-likeness (QED) is 0.593. The SMILES string of the molecule is CCCC(C)CC(C)N(C)C. The van der Waals surface area contributed by atoms with E-state index in [2.05, 4.69) is 39.8 Å². The molecule has 1 heteroatoms. The Morgan fingerprint density at radius 2 is 1.73 bits per heavy atom. The third-order valence-corrected chi connectivity index (χ3v) is 2.41. The molecule has 1 nitrogen and oxygen atoms in total. The summed E-state index contributed by atoms with van der Waals surface area (Å²) in [7, 11) is 4.31. The molecule has 0 rings (SSSR count). The van der Waals surface area contributed by atoms with Gasteiger partial charge in [-0.3, -0.25) is 0 Å². The molecule has 0 aromatic rings. The number of hydrogen-bond donors (Lipinski definition) is 0. The van der Waals surface area contributed by atoms with Crippen molar-refractivity contribution in [2.75, 3.05) is 14.1 Å². The number of nitrogens with zero attached hydrogens (tertiary/aromatic N) is 1. The van der Waals surface area contributed by atoms with Gasteiger partial charge >= 0.3 is 0 Å². The molecule has 0 radical (unpaired) electrons. The second-order valence-corrected chi connectivity index (χ2v) is 3.94. The Hall–Kier alpha value is -0.0400. The second-order valence-electron chi connectivity index (χ2n) is 3.94. The van der Waals surface area contributed by atoms with E-state index < -0.39 is 0 Å². The third kappa shape index (κ3) is 5.25. The molecule has 0 aliphatic rings. The molecular weight excluding hydrogens is 134 g/mol. The molecule has 0 saturated heterocycles. The van der Waals surface area contributed by atoms with Crippen molar-refractivity contribution in [3.8, 4) is 0 Å². The van der Waals surface area contributed by atoms with Crippen molar-refractivity contribution in [1.29, 1.82) is 0 Å². The van der Waals surface area contributed by atoms with Gasteiger partial charge in [-0.1, -0.05) is 26.7 Å². The average molecular weight is 157 g/mol. The largest absolute Gasteiger partial charge is 0.307 e. The van der Waals surface area contributed by atoms with Crippen LogP contribution in [0.5, 0.6) is 0 Å². The second kappa shape index (κ2) is 5.59. The molecule has 2 atom stereocenters. The van der Waals surface area contributed by atoms with E-state index in [4.69, 9.17) is 0 Å². The molecule has 0 aromatic heterocycles. The first-order valence-corrected chi connectivity index (χ1v) is 4.74. The zero-order chi connectivity index (χ0) is 8.85. The molecular formula is C10H23N. The van der Waals surface area contributed by atoms with Gasteiger partial charge in [0.25, 0.3) is 0 Å². The van der Waals surface area contributed by atoms with Gasteiger partial charge in [-0.15, -0.1) is 0 Å². The first-order chi connectivity index (χ1) is 5.07. The Labute approximate surface area is 71.8 Å². The van der Waals surface area contributed by atoms with Gasteiger partial charge in [0.1, 0.15) is 0 Å². The summed E-state index contributed by atoms with van der Waals surface area (Å²) >= 11 is 0. The number of hydrogen-bond acceptors (Lipinski definition) is 1. The van der Waals surface area contributed by atoms with Gasteiger partial charge < -0.3 is 4.90 Å². The molecule has 0 aromatic carbocycles. The minimum absolute atomic E-state index is 0.733. The molecule has 0 saturated carbocycles. The fourth-order valence-electron chi connectivity index (χ4n) is 1.40. The maximum atomic E-state index is 2.35. The Balaban J connectivity index is 3.48. The van der Waals surface area contributed by atoms with Gasteiger partial charge in [0.05, 0.1) is 0 Å². The van der Waals surface area contributed by atoms with Crippen LogP contribution in [0.2, 0.25) is 0 Å². The van der Waals surface area contributed by atoms with E-state index >= 15 is 0 Å². The summed E-state index contributed by atoms with van der Waals surface area (Å²) < 4.78 is 0. The predicted molar refractivity (Wildman–Crippen MR) is 51.8 cm³/mol. The zero-order valence-corrected chi connectivity index (χ0v) is 8.72. The van der Waals surface area contributed by atoms with Crippen LogP contribution in [-0.2, 0) is 0 Å². The summed E-state index contributed by atoms with van der Waals surface area (Å²) in [4.78, 5) is 2.30. The van der Waals surface area contributed by atoms with Crippen molar-refractivity contribution >= 4 is 0 Å². The standard InChI is InChI=1S/C10H23N/c1-6-7-9(2)8-10(3)11(4)5/h9-10H,6-8H2,1-5H3. The molecule has 0 spiro atoms. The van der Waals surface area contributed by atoms with Gasteiger partial charge in [0.15, 0.2) is 0 Å². The van der Waals surface area contributed by atoms with Gasteiger partial charge in [-0.05, 0) is 33.4 Å². The Morgan fingerprint density at radius 3 is 2.09 bits per heavy atom. The van der Waals surface area contributed by atoms with Crippen LogP contribution in [0.4, 0.5) is 0 Å². The first kappa shape index (κ1) is 11.0. The highest BCUT2D eigenvalue weighted by atomic mass is 15.1. The van der Waals surface area contributed by atoms with Crippen LogP contribution < -0.4 is 0 Å². The molecule has 0 N–H and O–H groups in total. The van der Waals surface area contributed by atoms with E-state index in [0.29, 0.717) is 0 Å². The molecule has 0 amide bonds. The van der Waals surface area contributed by atoms with Crippen LogP contribution in [0.25, 0.3) is 0 Å². The molecule has 11 heavy (non-hydrogen) atoms. The van der Waals surface area contributed by atoms with Gasteiger partial charge in [0.2, 0.25) is 0 Å². The van der Waals surface area contributed by atoms with Crippen molar-refractivity contribution < 1.29 is 0 Å². The van der Waals surface area contributed by atoms with Crippen LogP contribution in [0.15, 0.2) is 0 Å². The molecule has 2 unspecified atom stereocenters. The maximum Gasteiger partial charge on any atom is 0.00633 e. The molecule has 68 valence electrons. The summed E-state index contributed by atoms with van der Waals surface area (Å²) in [6.07, 6.45) is 4.03. The van der Waals surface area contributed by atoms with Crippen molar-refractivity contribution in [3.05, 3.63) is 0 Å². The molecule has 0 aliphatic carbocycles. The van der Waals surface area contributed by atoms with E-state index in [9.17, 15) is 0 Å². The van der Waals surface area contributed by atoms with Crippen LogP contribution in [0.1, 0.15) is 40.0 Å². The minimum atomic E-state index is 0.733. The highest BCUT2D eigenvalue weighted by Crippen LogP contribution is 2.14. The van der Waals surface area contributed by atoms with Crippen LogP contribution in [-0.4, -0.2) is 25.0 Å². The van der Waals surface area contributed by atoms with Crippen molar-refractivity contribution in [2.45, 2.75) is 46.1 Å². The monoisotopic (exact) mass is 157 g/mol. The van der Waals surface area contributed by atoms with E-state index in [0.717, 1.165) is 12.0 Å². The van der Waals surface area contributed by atoms with Gasteiger partial charge in [0, 0.05) is 6.04 Å². The number of rotatable bonds is 5. The summed E-state index contributed by atoms with van der Waals surface area (Å²) in [6.45, 7) is 6.91. The summed E-state index contributed by atoms with van der Waals surface area (Å²) in [5.41, 5.74) is 0. The fraction of sp³-hybridized carbons (Fsp3) is 1.00. The average Bonchev–Trinajstić information content (AvgIpc) is 1.87. The maximum absolute atomic E-state index is 2.35. The molecule has 0 fully saturated rings. The van der Waals surface area contributed by atoms with E-state index in [1.54, 1.807) is 0 Å². The van der Waals surface area contributed by atoms with Gasteiger partial charge in [-0.25, -0.2) is 0 Å². The van der Waals surface area contributed by atoms with E-state index in [-0.39, 0.29) is 0 Å². The summed E-state index contributed by atoms with van der Waals surface area (Å²) in [5, 5.41) is 0. The Bertz CT molecular complexity index is 88.9. The lowest BCUT2D eigenvalue weighted by Crippen LogP contribution is -2.26. The Morgan fingerprint density at radius 1 is 1.18 bits per heavy atom. The lowest BCUT2D eigenvalue weighted by molar-refractivity contribution is 0.262. The highest BCUT2D eigenvalue weighted by molar-refractivity contribution is 4.63. The smallest absolute Gasteiger partial charge is 0.00633 e. The molecule has 0 aliphatic heterocycles. The van der Waals surface area contributed by atoms with Gasteiger partial charge in [-0.2, -0.15) is 0 Å². The highest BCUT2D eigenvalue weighted by Gasteiger charge is 2.08. The topological polar surface area (TPSA) is 3.24 Å².